The molecule has 0 N–H and O–H groups in total. The van der Waals surface area contributed by atoms with Crippen LogP contribution in [0.25, 0.3) is 60.9 Å². The van der Waals surface area contributed by atoms with E-state index in [2.05, 4.69) is 297 Å². The summed E-state index contributed by atoms with van der Waals surface area (Å²) in [6.07, 6.45) is 6.94. The van der Waals surface area contributed by atoms with E-state index in [4.69, 9.17) is 0 Å². The van der Waals surface area contributed by atoms with Gasteiger partial charge in [0.2, 0.25) is 0 Å². The minimum atomic E-state index is -0.563. The Hall–Kier alpha value is -8.26. The van der Waals surface area contributed by atoms with Gasteiger partial charge in [0.25, 0.3) is 0 Å². The Labute approximate surface area is 457 Å². The van der Waals surface area contributed by atoms with Crippen LogP contribution in [0.15, 0.2) is 242 Å². The lowest BCUT2D eigenvalue weighted by Crippen LogP contribution is -2.28. The highest BCUT2D eigenvalue weighted by Gasteiger charge is 2.47. The SMILES string of the molecule is CC(C)(C)c1cc(-c2cccc3cccc(-c4ccccc4N(c4cccc(-c5cccc6c5C(C)(C)C5=C6CCC=C5)c4)c4cccc5c4-c4ccccc4C5(c4ccccc4)c4ccccc4)c23)cc(C(C)(C)C)c1. The van der Waals surface area contributed by atoms with Crippen LogP contribution in [0.4, 0.5) is 17.1 Å². The van der Waals surface area contributed by atoms with Crippen LogP contribution < -0.4 is 4.90 Å². The third-order valence-corrected chi connectivity index (χ3v) is 17.3. The Bertz CT molecular complexity index is 3940. The van der Waals surface area contributed by atoms with Crippen molar-refractivity contribution in [3.63, 3.8) is 0 Å². The fourth-order valence-corrected chi connectivity index (χ4v) is 13.6. The monoisotopic (exact) mass is 994 g/mol. The van der Waals surface area contributed by atoms with Crippen LogP contribution in [0.5, 0.6) is 0 Å². The molecular formula is C76H67N. The molecular weight excluding hydrogens is 927 g/mol. The molecule has 0 saturated carbocycles. The van der Waals surface area contributed by atoms with E-state index in [1.165, 1.54) is 111 Å². The van der Waals surface area contributed by atoms with Gasteiger partial charge in [-0.05, 0) is 148 Å². The summed E-state index contributed by atoms with van der Waals surface area (Å²) in [6, 6.07) is 85.4. The smallest absolute Gasteiger partial charge is 0.0714 e. The lowest BCUT2D eigenvalue weighted by atomic mass is 9.68. The zero-order chi connectivity index (χ0) is 52.8. The normalized spacial score (nSPS) is 15.0. The van der Waals surface area contributed by atoms with Crippen molar-refractivity contribution in [3.05, 3.63) is 287 Å². The van der Waals surface area contributed by atoms with Crippen molar-refractivity contribution >= 4 is 33.4 Å². The van der Waals surface area contributed by atoms with E-state index in [1.54, 1.807) is 0 Å². The molecule has 0 atom stereocenters. The number of allylic oxidation sites excluding steroid dienone is 4. The zero-order valence-corrected chi connectivity index (χ0v) is 45.9. The van der Waals surface area contributed by atoms with Gasteiger partial charge in [0.05, 0.1) is 16.8 Å². The van der Waals surface area contributed by atoms with Crippen molar-refractivity contribution in [2.45, 2.75) is 89.9 Å². The highest BCUT2D eigenvalue weighted by Crippen LogP contribution is 2.61. The number of benzene rings is 10. The minimum Gasteiger partial charge on any atom is -0.309 e. The van der Waals surface area contributed by atoms with Crippen molar-refractivity contribution in [1.82, 2.24) is 0 Å². The van der Waals surface area contributed by atoms with Gasteiger partial charge in [0.15, 0.2) is 0 Å². The van der Waals surface area contributed by atoms with Gasteiger partial charge in [-0.1, -0.05) is 268 Å². The number of hydrogen-bond donors (Lipinski definition) is 0. The molecule has 376 valence electrons. The second-order valence-corrected chi connectivity index (χ2v) is 24.3. The zero-order valence-electron chi connectivity index (χ0n) is 45.9. The Balaban J connectivity index is 1.10. The number of para-hydroxylation sites is 1. The Morgan fingerprint density at radius 1 is 0.429 bits per heavy atom. The molecule has 0 saturated heterocycles. The van der Waals surface area contributed by atoms with Crippen LogP contribution in [0.1, 0.15) is 113 Å². The fourth-order valence-electron chi connectivity index (χ4n) is 13.6. The van der Waals surface area contributed by atoms with Crippen LogP contribution >= 0.6 is 0 Å². The van der Waals surface area contributed by atoms with E-state index in [0.717, 1.165) is 29.9 Å². The minimum absolute atomic E-state index is 0.0270. The van der Waals surface area contributed by atoms with Gasteiger partial charge in [-0.2, -0.15) is 0 Å². The largest absolute Gasteiger partial charge is 0.309 e. The number of anilines is 3. The predicted octanol–water partition coefficient (Wildman–Crippen LogP) is 20.7. The van der Waals surface area contributed by atoms with Gasteiger partial charge < -0.3 is 4.90 Å². The predicted molar refractivity (Wildman–Crippen MR) is 328 cm³/mol. The van der Waals surface area contributed by atoms with Crippen LogP contribution in [0.3, 0.4) is 0 Å². The maximum absolute atomic E-state index is 2.60. The van der Waals surface area contributed by atoms with Crippen molar-refractivity contribution in [3.8, 4) is 44.5 Å². The molecule has 3 aliphatic rings. The molecule has 10 aromatic rings. The molecule has 0 heterocycles. The lowest BCUT2D eigenvalue weighted by Gasteiger charge is -2.35. The second kappa shape index (κ2) is 18.2. The Morgan fingerprint density at radius 3 is 1.68 bits per heavy atom. The van der Waals surface area contributed by atoms with Crippen LogP contribution in [0, 0.1) is 0 Å². The first-order chi connectivity index (χ1) is 37.2. The first kappa shape index (κ1) is 48.4. The maximum atomic E-state index is 2.60. The lowest BCUT2D eigenvalue weighted by molar-refractivity contribution is 0.569. The number of rotatable bonds is 8. The quantitative estimate of drug-likeness (QED) is 0.147. The Kier molecular flexibility index (Phi) is 11.4. The summed E-state index contributed by atoms with van der Waals surface area (Å²) < 4.78 is 0. The molecule has 0 aliphatic heterocycles. The average Bonchev–Trinajstić information content (AvgIpc) is 4.05. The first-order valence-electron chi connectivity index (χ1n) is 27.8. The highest BCUT2D eigenvalue weighted by atomic mass is 15.1. The van der Waals surface area contributed by atoms with Crippen LogP contribution in [-0.2, 0) is 21.7 Å². The maximum Gasteiger partial charge on any atom is 0.0714 e. The molecule has 0 spiro atoms. The standard InChI is InChI=1S/C76H67N/c1-73(2,3)55-46-52(47-56(49-55)74(4,5)6)58-37-22-26-50-27-23-39-62(70(50)58)61-35-17-20-44-68(61)77(57-33-21-28-51(48-57)59-38-24-40-63-60-34-15-18-41-65(60)75(7,8)72(59)63)69-45-25-43-67-71(69)64-36-16-19-42-66(64)76(67,53-29-11-9-12-30-53)54-31-13-10-14-32-54/h9-14,16-33,35-49H,15,34H2,1-8H3. The molecule has 0 aromatic heterocycles. The molecule has 10 aromatic carbocycles. The van der Waals surface area contributed by atoms with E-state index < -0.39 is 5.41 Å². The topological polar surface area (TPSA) is 3.24 Å². The van der Waals surface area contributed by atoms with Gasteiger partial charge in [-0.3, -0.25) is 0 Å². The van der Waals surface area contributed by atoms with E-state index in [-0.39, 0.29) is 16.2 Å². The van der Waals surface area contributed by atoms with Gasteiger partial charge >= 0.3 is 0 Å². The summed E-state index contributed by atoms with van der Waals surface area (Å²) in [5, 5.41) is 2.48. The van der Waals surface area contributed by atoms with E-state index in [1.807, 2.05) is 0 Å². The van der Waals surface area contributed by atoms with Crippen molar-refractivity contribution in [1.29, 1.82) is 0 Å². The van der Waals surface area contributed by atoms with Gasteiger partial charge in [0, 0.05) is 22.2 Å². The Morgan fingerprint density at radius 2 is 0.974 bits per heavy atom. The summed E-state index contributed by atoms with van der Waals surface area (Å²) in [5.41, 5.74) is 26.1. The highest BCUT2D eigenvalue weighted by molar-refractivity contribution is 6.10. The molecule has 0 fully saturated rings. The van der Waals surface area contributed by atoms with Crippen LogP contribution in [-0.4, -0.2) is 0 Å². The van der Waals surface area contributed by atoms with Gasteiger partial charge in [-0.15, -0.1) is 0 Å². The molecule has 0 radical (unpaired) electrons. The first-order valence-corrected chi connectivity index (χ1v) is 27.8. The fraction of sp³-hybridized carbons (Fsp3) is 0.184. The molecule has 3 aliphatic carbocycles. The number of hydrogen-bond acceptors (Lipinski definition) is 1. The molecule has 0 bridgehead atoms. The summed E-state index contributed by atoms with van der Waals surface area (Å²) in [5.74, 6) is 0. The molecule has 0 amide bonds. The molecule has 1 heteroatoms. The van der Waals surface area contributed by atoms with Crippen LogP contribution in [0.2, 0.25) is 0 Å². The average molecular weight is 994 g/mol. The summed E-state index contributed by atoms with van der Waals surface area (Å²) in [4.78, 5) is 2.60. The van der Waals surface area contributed by atoms with Gasteiger partial charge in [0.1, 0.15) is 0 Å². The second-order valence-electron chi connectivity index (χ2n) is 24.3. The molecule has 13 rings (SSSR count). The molecule has 0 unspecified atom stereocenters. The van der Waals surface area contributed by atoms with E-state index in [9.17, 15) is 0 Å². The van der Waals surface area contributed by atoms with E-state index in [0.29, 0.717) is 0 Å². The molecule has 1 nitrogen and oxygen atoms in total. The molecule has 77 heavy (non-hydrogen) atoms. The summed E-state index contributed by atoms with van der Waals surface area (Å²) in [7, 11) is 0. The van der Waals surface area contributed by atoms with E-state index >= 15 is 0 Å². The van der Waals surface area contributed by atoms with Crippen molar-refractivity contribution in [2.24, 2.45) is 0 Å². The number of nitrogens with zero attached hydrogens (tertiary/aromatic N) is 1. The van der Waals surface area contributed by atoms with Gasteiger partial charge in [-0.25, -0.2) is 0 Å². The third-order valence-electron chi connectivity index (χ3n) is 17.3. The number of fused-ring (bicyclic) bond motifs is 6. The third kappa shape index (κ3) is 7.72. The van der Waals surface area contributed by atoms with Crippen molar-refractivity contribution < 1.29 is 0 Å². The summed E-state index contributed by atoms with van der Waals surface area (Å²) >= 11 is 0. The van der Waals surface area contributed by atoms with Crippen molar-refractivity contribution in [2.75, 3.05) is 4.90 Å². The summed E-state index contributed by atoms with van der Waals surface area (Å²) in [6.45, 7) is 18.9.